The molecule has 122 valence electrons. The average molecular weight is 295 g/mol. The van der Waals surface area contributed by atoms with Crippen molar-refractivity contribution in [3.8, 4) is 0 Å². The molecular formula is C17H33N3O. The number of nitrogens with zero attached hydrogens (tertiary/aromatic N) is 2. The van der Waals surface area contributed by atoms with Gasteiger partial charge in [-0.1, -0.05) is 33.1 Å². The first kappa shape index (κ1) is 16.8. The van der Waals surface area contributed by atoms with Gasteiger partial charge < -0.3 is 10.2 Å². The van der Waals surface area contributed by atoms with Crippen LogP contribution in [0.15, 0.2) is 0 Å². The van der Waals surface area contributed by atoms with Crippen molar-refractivity contribution in [2.45, 2.75) is 70.9 Å². The lowest BCUT2D eigenvalue weighted by atomic mass is 10.0. The summed E-state index contributed by atoms with van der Waals surface area (Å²) in [5, 5.41) is 3.54. The Bertz CT molecular complexity index is 311. The minimum Gasteiger partial charge on any atom is -0.342 e. The Balaban J connectivity index is 1.83. The molecule has 2 aliphatic heterocycles. The van der Waals surface area contributed by atoms with Gasteiger partial charge in [-0.3, -0.25) is 9.69 Å². The van der Waals surface area contributed by atoms with E-state index < -0.39 is 0 Å². The first-order valence-corrected chi connectivity index (χ1v) is 8.92. The quantitative estimate of drug-likeness (QED) is 0.845. The molecule has 0 bridgehead atoms. The molecule has 0 spiro atoms. The number of carbonyl (C=O) groups excluding carboxylic acids is 1. The molecule has 0 saturated carbocycles. The van der Waals surface area contributed by atoms with E-state index in [1.165, 1.54) is 44.9 Å². The van der Waals surface area contributed by atoms with Crippen molar-refractivity contribution in [3.63, 3.8) is 0 Å². The molecular weight excluding hydrogens is 262 g/mol. The van der Waals surface area contributed by atoms with Crippen molar-refractivity contribution in [1.82, 2.24) is 15.1 Å². The molecule has 2 fully saturated rings. The number of carbonyl (C=O) groups is 1. The van der Waals surface area contributed by atoms with Crippen LogP contribution in [0.3, 0.4) is 0 Å². The molecule has 0 aliphatic carbocycles. The maximum atomic E-state index is 12.6. The molecule has 2 aliphatic rings. The third-order valence-corrected chi connectivity index (χ3v) is 4.81. The Morgan fingerprint density at radius 2 is 1.71 bits per heavy atom. The van der Waals surface area contributed by atoms with Crippen molar-refractivity contribution in [2.24, 2.45) is 0 Å². The molecule has 21 heavy (non-hydrogen) atoms. The number of likely N-dealkylation sites (tertiary alicyclic amines) is 2. The normalized spacial score (nSPS) is 25.1. The number of hydrogen-bond acceptors (Lipinski definition) is 3. The van der Waals surface area contributed by atoms with Crippen molar-refractivity contribution in [1.29, 1.82) is 0 Å². The van der Waals surface area contributed by atoms with E-state index in [0.29, 0.717) is 24.5 Å². The van der Waals surface area contributed by atoms with Gasteiger partial charge in [-0.2, -0.15) is 0 Å². The van der Waals surface area contributed by atoms with Crippen molar-refractivity contribution in [3.05, 3.63) is 0 Å². The van der Waals surface area contributed by atoms with Gasteiger partial charge in [0.15, 0.2) is 0 Å². The highest BCUT2D eigenvalue weighted by Gasteiger charge is 2.26. The zero-order valence-electron chi connectivity index (χ0n) is 13.9. The van der Waals surface area contributed by atoms with Crippen LogP contribution in [0.1, 0.15) is 58.8 Å². The standard InChI is InChI=1S/C17H33N3O/c1-15(2)18-13-16-9-5-8-12-20(16)14-17(21)19-10-6-3-4-7-11-19/h15-16,18H,3-14H2,1-2H3. The maximum absolute atomic E-state index is 12.6. The molecule has 2 heterocycles. The topological polar surface area (TPSA) is 35.6 Å². The summed E-state index contributed by atoms with van der Waals surface area (Å²) in [5.41, 5.74) is 0. The third-order valence-electron chi connectivity index (χ3n) is 4.81. The van der Waals surface area contributed by atoms with Crippen LogP contribution in [0, 0.1) is 0 Å². The van der Waals surface area contributed by atoms with Crippen LogP contribution in [0.2, 0.25) is 0 Å². The Labute approximate surface area is 130 Å². The second-order valence-electron chi connectivity index (χ2n) is 6.98. The fourth-order valence-corrected chi connectivity index (χ4v) is 3.46. The molecule has 0 aromatic carbocycles. The average Bonchev–Trinajstić information content (AvgIpc) is 2.75. The van der Waals surface area contributed by atoms with Gasteiger partial charge in [0.05, 0.1) is 6.54 Å². The first-order valence-electron chi connectivity index (χ1n) is 8.92. The van der Waals surface area contributed by atoms with Crippen LogP contribution in [0.25, 0.3) is 0 Å². The lowest BCUT2D eigenvalue weighted by Crippen LogP contribution is -2.51. The van der Waals surface area contributed by atoms with Gasteiger partial charge in [-0.15, -0.1) is 0 Å². The SMILES string of the molecule is CC(C)NCC1CCCCN1CC(=O)N1CCCCCC1. The Morgan fingerprint density at radius 3 is 2.38 bits per heavy atom. The van der Waals surface area contributed by atoms with Gasteiger partial charge in [-0.05, 0) is 32.2 Å². The summed E-state index contributed by atoms with van der Waals surface area (Å²) in [4.78, 5) is 17.1. The lowest BCUT2D eigenvalue weighted by molar-refractivity contribution is -0.133. The Hall–Kier alpha value is -0.610. The summed E-state index contributed by atoms with van der Waals surface area (Å²) in [6.07, 6.45) is 8.72. The molecule has 4 heteroatoms. The number of hydrogen-bond donors (Lipinski definition) is 1. The van der Waals surface area contributed by atoms with E-state index in [1.54, 1.807) is 0 Å². The second kappa shape index (κ2) is 8.74. The Morgan fingerprint density at radius 1 is 1.05 bits per heavy atom. The molecule has 2 rings (SSSR count). The number of amides is 1. The van der Waals surface area contributed by atoms with E-state index in [0.717, 1.165) is 26.2 Å². The van der Waals surface area contributed by atoms with Crippen LogP contribution < -0.4 is 5.32 Å². The molecule has 2 saturated heterocycles. The highest BCUT2D eigenvalue weighted by atomic mass is 16.2. The predicted molar refractivity (Wildman–Crippen MR) is 87.4 cm³/mol. The van der Waals surface area contributed by atoms with Crippen LogP contribution in [-0.4, -0.2) is 60.5 Å². The number of nitrogens with one attached hydrogen (secondary N) is 1. The molecule has 0 aromatic heterocycles. The molecule has 0 radical (unpaired) electrons. The molecule has 0 aromatic rings. The molecule has 1 unspecified atom stereocenters. The summed E-state index contributed by atoms with van der Waals surface area (Å²) in [6, 6.07) is 1.06. The first-order chi connectivity index (χ1) is 10.2. The fraction of sp³-hybridized carbons (Fsp3) is 0.941. The summed E-state index contributed by atoms with van der Waals surface area (Å²) in [6.45, 7) is 9.06. The highest BCUT2D eigenvalue weighted by molar-refractivity contribution is 5.78. The van der Waals surface area contributed by atoms with E-state index >= 15 is 0 Å². The molecule has 1 N–H and O–H groups in total. The van der Waals surface area contributed by atoms with Gasteiger partial charge >= 0.3 is 0 Å². The minimum atomic E-state index is 0.355. The summed E-state index contributed by atoms with van der Waals surface area (Å²) >= 11 is 0. The third kappa shape index (κ3) is 5.59. The molecule has 1 amide bonds. The summed E-state index contributed by atoms with van der Waals surface area (Å²) in [5.74, 6) is 0.355. The molecule has 1 atom stereocenters. The van der Waals surface area contributed by atoms with Gasteiger partial charge in [0.25, 0.3) is 0 Å². The zero-order valence-corrected chi connectivity index (χ0v) is 13.9. The summed E-state index contributed by atoms with van der Waals surface area (Å²) in [7, 11) is 0. The lowest BCUT2D eigenvalue weighted by Gasteiger charge is -2.37. The van der Waals surface area contributed by atoms with E-state index in [2.05, 4.69) is 29.0 Å². The zero-order chi connectivity index (χ0) is 15.1. The smallest absolute Gasteiger partial charge is 0.236 e. The van der Waals surface area contributed by atoms with Crippen LogP contribution >= 0.6 is 0 Å². The number of piperidine rings is 1. The monoisotopic (exact) mass is 295 g/mol. The van der Waals surface area contributed by atoms with Gasteiger partial charge in [0.2, 0.25) is 5.91 Å². The Kier molecular flexibility index (Phi) is 6.97. The molecule has 4 nitrogen and oxygen atoms in total. The van der Waals surface area contributed by atoms with E-state index in [-0.39, 0.29) is 0 Å². The van der Waals surface area contributed by atoms with Crippen molar-refractivity contribution < 1.29 is 4.79 Å². The van der Waals surface area contributed by atoms with E-state index in [1.807, 2.05) is 0 Å². The van der Waals surface area contributed by atoms with Crippen LogP contribution in [0.5, 0.6) is 0 Å². The van der Waals surface area contributed by atoms with Crippen LogP contribution in [-0.2, 0) is 4.79 Å². The fourth-order valence-electron chi connectivity index (χ4n) is 3.46. The van der Waals surface area contributed by atoms with E-state index in [4.69, 9.17) is 0 Å². The largest absolute Gasteiger partial charge is 0.342 e. The predicted octanol–water partition coefficient (Wildman–Crippen LogP) is 2.24. The summed E-state index contributed by atoms with van der Waals surface area (Å²) < 4.78 is 0. The minimum absolute atomic E-state index is 0.355. The van der Waals surface area contributed by atoms with Gasteiger partial charge in [0, 0.05) is 31.7 Å². The van der Waals surface area contributed by atoms with Gasteiger partial charge in [-0.25, -0.2) is 0 Å². The maximum Gasteiger partial charge on any atom is 0.236 e. The van der Waals surface area contributed by atoms with E-state index in [9.17, 15) is 4.79 Å². The number of rotatable bonds is 5. The van der Waals surface area contributed by atoms with Crippen molar-refractivity contribution in [2.75, 3.05) is 32.7 Å². The van der Waals surface area contributed by atoms with Crippen LogP contribution in [0.4, 0.5) is 0 Å². The van der Waals surface area contributed by atoms with Gasteiger partial charge in [0.1, 0.15) is 0 Å². The highest BCUT2D eigenvalue weighted by Crippen LogP contribution is 2.17. The second-order valence-corrected chi connectivity index (χ2v) is 6.98. The van der Waals surface area contributed by atoms with Crippen molar-refractivity contribution >= 4 is 5.91 Å².